The zero-order chi connectivity index (χ0) is 62.7. The number of hydrogen-bond donors (Lipinski definition) is 5. The standard InChI is InChI=1S/C61H44N2O21S4/c1-3-31-7-5-8-32(4-2)57(31)63-60(67)43-29-47(83-35-13-21-39(22-14-35)87(75,76)77)53-51-45(81-33-9-17-37(18-10-33)85(69,70)71)27-41-49-42(59(66)62(58(41)65)25-6-26-64)28-46(82-34-11-19-38(20-12-34)86(72,73)74)52(55(49)51)54-48(30-44(61(63)68)50(43)56(53)54)84-36-15-23-40(24-16-36)88(78,79)80/h5,7-24,27-30,64H,3-4,6,25-26H2,1-2H3,(H,69,70,71)(H,72,73,74)(H,75,76,77)(H,78,79,80). The zero-order valence-electron chi connectivity index (χ0n) is 45.6. The minimum absolute atomic E-state index is 0.0558. The Balaban J connectivity index is 1.31. The summed E-state index contributed by atoms with van der Waals surface area (Å²) in [7, 11) is -19.1. The van der Waals surface area contributed by atoms with Crippen molar-refractivity contribution in [2.45, 2.75) is 52.7 Å². The highest BCUT2D eigenvalue weighted by Gasteiger charge is 2.43. The van der Waals surface area contributed by atoms with Gasteiger partial charge in [0.05, 0.1) is 47.5 Å². The molecule has 0 radical (unpaired) electrons. The van der Waals surface area contributed by atoms with Crippen LogP contribution in [0.1, 0.15) is 72.8 Å². The van der Waals surface area contributed by atoms with Crippen molar-refractivity contribution in [3.05, 3.63) is 173 Å². The van der Waals surface area contributed by atoms with E-state index < -0.39 is 90.3 Å². The van der Waals surface area contributed by atoms with E-state index in [9.17, 15) is 57.0 Å². The van der Waals surface area contributed by atoms with Crippen LogP contribution < -0.4 is 23.8 Å². The number of aryl methyl sites for hydroxylation is 2. The number of ether oxygens (including phenoxy) is 4. The van der Waals surface area contributed by atoms with E-state index in [4.69, 9.17) is 18.9 Å². The van der Waals surface area contributed by atoms with Crippen molar-refractivity contribution < 1.29 is 95.1 Å². The Hall–Kier alpha value is -9.42. The molecule has 12 rings (SSSR count). The molecular weight excluding hydrogens is 1220 g/mol. The molecule has 4 amide bonds. The van der Waals surface area contributed by atoms with Gasteiger partial charge in [-0.2, -0.15) is 33.7 Å². The molecule has 10 aromatic rings. The van der Waals surface area contributed by atoms with Crippen LogP contribution in [0.3, 0.4) is 0 Å². The van der Waals surface area contributed by atoms with Crippen LogP contribution in [0.5, 0.6) is 46.0 Å². The fraction of sp³-hybridized carbons (Fsp3) is 0.115. The predicted octanol–water partition coefficient (Wildman–Crippen LogP) is 10.8. The summed E-state index contributed by atoms with van der Waals surface area (Å²) in [6, 6.07) is 28.2. The molecule has 0 fully saturated rings. The van der Waals surface area contributed by atoms with Crippen LogP contribution in [0.4, 0.5) is 5.69 Å². The van der Waals surface area contributed by atoms with Gasteiger partial charge >= 0.3 is 0 Å². The third kappa shape index (κ3) is 10.1. The molecule has 10 aromatic carbocycles. The maximum atomic E-state index is 15.9. The van der Waals surface area contributed by atoms with E-state index in [1.54, 1.807) is 18.2 Å². The predicted molar refractivity (Wildman–Crippen MR) is 316 cm³/mol. The van der Waals surface area contributed by atoms with Gasteiger partial charge in [-0.25, -0.2) is 4.90 Å². The highest BCUT2D eigenvalue weighted by Crippen LogP contribution is 2.58. The zero-order valence-corrected chi connectivity index (χ0v) is 48.9. The van der Waals surface area contributed by atoms with E-state index in [0.29, 0.717) is 24.0 Å². The molecular formula is C61H44N2O21S4. The van der Waals surface area contributed by atoms with Crippen LogP contribution >= 0.6 is 0 Å². The van der Waals surface area contributed by atoms with E-state index in [-0.39, 0.29) is 130 Å². The third-order valence-corrected chi connectivity index (χ3v) is 18.6. The van der Waals surface area contributed by atoms with Crippen LogP contribution in [0.2, 0.25) is 0 Å². The summed E-state index contributed by atoms with van der Waals surface area (Å²) < 4.78 is 166. The molecule has 0 aliphatic carbocycles. The fourth-order valence-corrected chi connectivity index (χ4v) is 13.2. The van der Waals surface area contributed by atoms with Crippen LogP contribution in [-0.4, -0.2) is 98.7 Å². The molecule has 23 nitrogen and oxygen atoms in total. The number of benzene rings is 10. The Kier molecular flexibility index (Phi) is 14.4. The first-order valence-corrected chi connectivity index (χ1v) is 32.3. The number of hydrogen-bond acceptors (Lipinski definition) is 17. The van der Waals surface area contributed by atoms with E-state index in [1.165, 1.54) is 72.8 Å². The summed E-state index contributed by atoms with van der Waals surface area (Å²) in [5.41, 5.74) is 0.709. The molecule has 0 aromatic heterocycles. The summed E-state index contributed by atoms with van der Waals surface area (Å²) in [6.45, 7) is 2.89. The second-order valence-electron chi connectivity index (χ2n) is 20.3. The smallest absolute Gasteiger partial charge is 0.294 e. The number of anilines is 1. The molecule has 448 valence electrons. The molecule has 0 saturated carbocycles. The van der Waals surface area contributed by atoms with Crippen LogP contribution in [0.25, 0.3) is 43.1 Å². The van der Waals surface area contributed by atoms with Crippen molar-refractivity contribution >= 4 is 113 Å². The summed E-state index contributed by atoms with van der Waals surface area (Å²) in [6.07, 6.45) is 0.606. The van der Waals surface area contributed by atoms with Crippen molar-refractivity contribution in [2.24, 2.45) is 0 Å². The fourth-order valence-electron chi connectivity index (χ4n) is 11.2. The average Bonchev–Trinajstić information content (AvgIpc) is 0.683. The monoisotopic (exact) mass is 1270 g/mol. The van der Waals surface area contributed by atoms with Crippen LogP contribution in [0, 0.1) is 0 Å². The van der Waals surface area contributed by atoms with E-state index in [1.807, 2.05) is 13.8 Å². The SMILES string of the molecule is CCc1cccc(CC)c1N1C(=O)c2cc(Oc3ccc(S(=O)(=O)O)cc3)c3c4c(Oc5ccc(S(=O)(=O)O)cc5)cc5c6c(cc(Oc7ccc(S(=O)(=O)O)cc7)c(c7c(Oc8ccc(S(=O)(=O)O)cc8)cc(c2c37)C1=O)c64)C(=O)N(CCCO)C5=O. The number of para-hydroxylation sites is 1. The number of rotatable bonds is 18. The maximum absolute atomic E-state index is 15.9. The van der Waals surface area contributed by atoms with Gasteiger partial charge in [-0.3, -0.25) is 42.3 Å². The molecule has 5 N–H and O–H groups in total. The van der Waals surface area contributed by atoms with Gasteiger partial charge < -0.3 is 24.1 Å². The van der Waals surface area contributed by atoms with Crippen molar-refractivity contribution in [1.29, 1.82) is 0 Å². The quantitative estimate of drug-likeness (QED) is 0.0231. The van der Waals surface area contributed by atoms with Gasteiger partial charge in [-0.05, 0) is 152 Å². The summed E-state index contributed by atoms with van der Waals surface area (Å²) >= 11 is 0. The second-order valence-corrected chi connectivity index (χ2v) is 26.0. The summed E-state index contributed by atoms with van der Waals surface area (Å²) in [5.74, 6) is -5.10. The normalized spacial score (nSPS) is 13.8. The minimum atomic E-state index is -4.78. The number of imide groups is 2. The number of nitrogens with zero attached hydrogens (tertiary/aromatic N) is 2. The Morgan fingerprint density at radius 2 is 0.648 bits per heavy atom. The number of carbonyl (C=O) groups excluding carboxylic acids is 4. The second kappa shape index (κ2) is 21.5. The number of fused-ring (bicyclic) bond motifs is 2. The highest BCUT2D eigenvalue weighted by atomic mass is 32.2. The van der Waals surface area contributed by atoms with Gasteiger partial charge in [0, 0.05) is 56.2 Å². The van der Waals surface area contributed by atoms with Crippen LogP contribution in [0.15, 0.2) is 159 Å². The van der Waals surface area contributed by atoms with E-state index in [2.05, 4.69) is 0 Å². The molecule has 2 aliphatic heterocycles. The number of aliphatic hydroxyl groups excluding tert-OH is 1. The first-order valence-electron chi connectivity index (χ1n) is 26.5. The molecule has 0 saturated heterocycles. The lowest BCUT2D eigenvalue weighted by atomic mass is 9.80. The first-order chi connectivity index (χ1) is 41.7. The Morgan fingerprint density at radius 1 is 0.375 bits per heavy atom. The Labute approximate surface area is 499 Å². The average molecular weight is 1270 g/mol. The van der Waals surface area contributed by atoms with Crippen LogP contribution in [-0.2, 0) is 53.3 Å². The van der Waals surface area contributed by atoms with Gasteiger partial charge in [-0.15, -0.1) is 0 Å². The van der Waals surface area contributed by atoms with Gasteiger partial charge in [0.2, 0.25) is 0 Å². The van der Waals surface area contributed by atoms with Gasteiger partial charge in [0.15, 0.2) is 0 Å². The van der Waals surface area contributed by atoms with Crippen molar-refractivity contribution in [3.63, 3.8) is 0 Å². The number of aliphatic hydroxyl groups is 1. The Morgan fingerprint density at radius 3 is 0.898 bits per heavy atom. The van der Waals surface area contributed by atoms with Gasteiger partial charge in [0.1, 0.15) is 46.0 Å². The van der Waals surface area contributed by atoms with Crippen molar-refractivity contribution in [3.8, 4) is 46.0 Å². The van der Waals surface area contributed by atoms with Gasteiger partial charge in [-0.1, -0.05) is 32.0 Å². The third-order valence-electron chi connectivity index (χ3n) is 15.1. The molecule has 88 heavy (non-hydrogen) atoms. The lowest BCUT2D eigenvalue weighted by molar-refractivity contribution is 0.0600. The van der Waals surface area contributed by atoms with Crippen molar-refractivity contribution in [1.82, 2.24) is 4.90 Å². The van der Waals surface area contributed by atoms with Crippen molar-refractivity contribution in [2.75, 3.05) is 18.1 Å². The van der Waals surface area contributed by atoms with E-state index >= 15 is 19.2 Å². The largest absolute Gasteiger partial charge is 0.457 e. The Bertz CT molecular complexity index is 4850. The highest BCUT2D eigenvalue weighted by molar-refractivity contribution is 7.86. The molecule has 0 atom stereocenters. The van der Waals surface area contributed by atoms with E-state index in [0.717, 1.165) is 58.3 Å². The summed E-state index contributed by atoms with van der Waals surface area (Å²) in [5, 5.41) is 9.41. The molecule has 0 spiro atoms. The maximum Gasteiger partial charge on any atom is 0.294 e. The molecule has 2 heterocycles. The molecule has 0 unspecified atom stereocenters. The summed E-state index contributed by atoms with van der Waals surface area (Å²) in [4.78, 5) is 61.7. The number of amides is 4. The minimum Gasteiger partial charge on any atom is -0.457 e. The lowest BCUT2D eigenvalue weighted by Gasteiger charge is -2.33. The number of carbonyl (C=O) groups is 4. The topological polar surface area (TPSA) is 349 Å². The molecule has 0 bridgehead atoms. The molecule has 27 heteroatoms. The molecule has 2 aliphatic rings. The van der Waals surface area contributed by atoms with Gasteiger partial charge in [0.25, 0.3) is 64.1 Å². The lowest BCUT2D eigenvalue weighted by Crippen LogP contribution is -2.41. The first kappa shape index (κ1) is 58.9.